The van der Waals surface area contributed by atoms with Gasteiger partial charge in [-0.1, -0.05) is 6.42 Å². The molecule has 1 fully saturated rings. The molecule has 1 saturated carbocycles. The maximum absolute atomic E-state index is 13.3. The minimum absolute atomic E-state index is 0.110. The van der Waals surface area contributed by atoms with Crippen molar-refractivity contribution in [3.63, 3.8) is 0 Å². The number of hydrogen-bond donors (Lipinski definition) is 1. The quantitative estimate of drug-likeness (QED) is 0.786. The van der Waals surface area contributed by atoms with Gasteiger partial charge in [0.15, 0.2) is 16.5 Å². The van der Waals surface area contributed by atoms with Crippen molar-refractivity contribution < 1.29 is 9.50 Å². The zero-order valence-electron chi connectivity index (χ0n) is 9.58. The average molecular weight is 241 g/mol. The third kappa shape index (κ3) is 2.51. The van der Waals surface area contributed by atoms with Crippen LogP contribution in [0.15, 0.2) is 23.1 Å². The SMILES string of the molecule is C[S+](c1ccc(O)c(F)c1)C1CCCCC1. The van der Waals surface area contributed by atoms with Crippen LogP contribution in [0.25, 0.3) is 0 Å². The van der Waals surface area contributed by atoms with Crippen LogP contribution in [0.4, 0.5) is 4.39 Å². The highest BCUT2D eigenvalue weighted by atomic mass is 32.2. The Morgan fingerprint density at radius 2 is 1.94 bits per heavy atom. The maximum atomic E-state index is 13.3. The molecule has 0 bridgehead atoms. The molecule has 1 unspecified atom stereocenters. The number of phenolic OH excluding ortho intramolecular Hbond substituents is 1. The van der Waals surface area contributed by atoms with E-state index in [-0.39, 0.29) is 16.6 Å². The van der Waals surface area contributed by atoms with Crippen LogP contribution in [0.5, 0.6) is 5.75 Å². The Hall–Kier alpha value is -0.700. The number of benzene rings is 1. The van der Waals surface area contributed by atoms with Gasteiger partial charge < -0.3 is 5.11 Å². The summed E-state index contributed by atoms with van der Waals surface area (Å²) in [6.45, 7) is 0. The number of phenols is 1. The van der Waals surface area contributed by atoms with Gasteiger partial charge in [0.1, 0.15) is 11.5 Å². The average Bonchev–Trinajstić information content (AvgIpc) is 2.33. The Kier molecular flexibility index (Phi) is 3.74. The fourth-order valence-electron chi connectivity index (χ4n) is 2.30. The van der Waals surface area contributed by atoms with E-state index in [1.165, 1.54) is 44.2 Å². The van der Waals surface area contributed by atoms with Crippen LogP contribution in [0.2, 0.25) is 0 Å². The molecule has 0 spiro atoms. The highest BCUT2D eigenvalue weighted by Gasteiger charge is 2.30. The number of hydrogen-bond acceptors (Lipinski definition) is 1. The summed E-state index contributed by atoms with van der Waals surface area (Å²) >= 11 is 0. The normalized spacial score (nSPS) is 19.6. The first-order valence-corrected chi connectivity index (χ1v) is 7.51. The predicted octanol–water partition coefficient (Wildman–Crippen LogP) is 3.47. The van der Waals surface area contributed by atoms with Crippen molar-refractivity contribution in [1.29, 1.82) is 0 Å². The molecule has 1 N–H and O–H groups in total. The van der Waals surface area contributed by atoms with Crippen LogP contribution < -0.4 is 0 Å². The maximum Gasteiger partial charge on any atom is 0.169 e. The van der Waals surface area contributed by atoms with Crippen molar-refractivity contribution in [2.45, 2.75) is 42.2 Å². The fourth-order valence-corrected chi connectivity index (χ4v) is 4.30. The molecule has 1 nitrogen and oxygen atoms in total. The Bertz CT molecular complexity index is 361. The van der Waals surface area contributed by atoms with Crippen molar-refractivity contribution >= 4 is 10.9 Å². The minimum atomic E-state index is -0.493. The van der Waals surface area contributed by atoms with E-state index in [0.717, 1.165) is 4.90 Å². The Morgan fingerprint density at radius 1 is 1.25 bits per heavy atom. The molecule has 1 atom stereocenters. The van der Waals surface area contributed by atoms with Gasteiger partial charge in [0.25, 0.3) is 0 Å². The number of rotatable bonds is 2. The molecule has 0 aromatic heterocycles. The van der Waals surface area contributed by atoms with Crippen LogP contribution in [0, 0.1) is 5.82 Å². The van der Waals surface area contributed by atoms with Crippen LogP contribution in [-0.2, 0) is 10.9 Å². The number of aromatic hydroxyl groups is 1. The monoisotopic (exact) mass is 241 g/mol. The summed E-state index contributed by atoms with van der Waals surface area (Å²) in [6.07, 6.45) is 8.69. The van der Waals surface area contributed by atoms with Gasteiger partial charge in [-0.2, -0.15) is 0 Å². The van der Waals surface area contributed by atoms with Crippen LogP contribution in [0.1, 0.15) is 32.1 Å². The van der Waals surface area contributed by atoms with Gasteiger partial charge in [-0.25, -0.2) is 4.39 Å². The van der Waals surface area contributed by atoms with Gasteiger partial charge >= 0.3 is 0 Å². The molecule has 0 saturated heterocycles. The van der Waals surface area contributed by atoms with Crippen molar-refractivity contribution in [3.8, 4) is 5.75 Å². The third-order valence-electron chi connectivity index (χ3n) is 3.34. The van der Waals surface area contributed by atoms with Gasteiger partial charge in [0, 0.05) is 17.0 Å². The zero-order chi connectivity index (χ0) is 11.5. The molecule has 16 heavy (non-hydrogen) atoms. The smallest absolute Gasteiger partial charge is 0.169 e. The molecule has 0 heterocycles. The summed E-state index contributed by atoms with van der Waals surface area (Å²) in [7, 11) is 0.110. The summed E-state index contributed by atoms with van der Waals surface area (Å²) < 4.78 is 13.3. The summed E-state index contributed by atoms with van der Waals surface area (Å²) in [6, 6.07) is 4.82. The molecule has 2 rings (SSSR count). The van der Waals surface area contributed by atoms with Gasteiger partial charge in [-0.3, -0.25) is 0 Å². The van der Waals surface area contributed by atoms with E-state index in [4.69, 9.17) is 5.11 Å². The van der Waals surface area contributed by atoms with E-state index in [2.05, 4.69) is 6.26 Å². The van der Waals surface area contributed by atoms with E-state index in [9.17, 15) is 4.39 Å². The van der Waals surface area contributed by atoms with Crippen LogP contribution in [-0.4, -0.2) is 16.6 Å². The molecule has 1 aromatic carbocycles. The largest absolute Gasteiger partial charge is 0.505 e. The van der Waals surface area contributed by atoms with E-state index >= 15 is 0 Å². The predicted molar refractivity (Wildman–Crippen MR) is 66.5 cm³/mol. The van der Waals surface area contributed by atoms with Crippen LogP contribution in [0.3, 0.4) is 0 Å². The van der Waals surface area contributed by atoms with Gasteiger partial charge in [0.2, 0.25) is 0 Å². The molecule has 0 aliphatic heterocycles. The summed E-state index contributed by atoms with van der Waals surface area (Å²) in [5.74, 6) is -0.739. The first-order chi connectivity index (χ1) is 7.68. The second kappa shape index (κ2) is 5.09. The zero-order valence-corrected chi connectivity index (χ0v) is 10.4. The van der Waals surface area contributed by atoms with E-state index in [1.54, 1.807) is 0 Å². The summed E-state index contributed by atoms with van der Waals surface area (Å²) in [4.78, 5) is 1.04. The second-order valence-electron chi connectivity index (χ2n) is 4.43. The first kappa shape index (κ1) is 11.8. The molecular formula is C13H18FOS+. The van der Waals surface area contributed by atoms with E-state index in [0.29, 0.717) is 5.25 Å². The van der Waals surface area contributed by atoms with Crippen molar-refractivity contribution in [1.82, 2.24) is 0 Å². The lowest BCUT2D eigenvalue weighted by Gasteiger charge is -2.20. The molecule has 0 amide bonds. The van der Waals surface area contributed by atoms with E-state index < -0.39 is 5.82 Å². The second-order valence-corrected chi connectivity index (χ2v) is 6.68. The first-order valence-electron chi connectivity index (χ1n) is 5.82. The lowest BCUT2D eigenvalue weighted by molar-refractivity contribution is 0.431. The van der Waals surface area contributed by atoms with Crippen LogP contribution >= 0.6 is 0 Å². The lowest BCUT2D eigenvalue weighted by Crippen LogP contribution is -2.23. The Labute approximate surface area is 99.0 Å². The molecule has 88 valence electrons. The van der Waals surface area contributed by atoms with Gasteiger partial charge in [-0.05, 0) is 37.8 Å². The lowest BCUT2D eigenvalue weighted by atomic mass is 10.0. The standard InChI is InChI=1S/C13H17FOS/c1-16(10-5-3-2-4-6-10)11-7-8-13(15)12(14)9-11/h7-10H,2-6H2,1H3/p+1. The molecule has 0 radical (unpaired) electrons. The number of halogens is 1. The van der Waals surface area contributed by atoms with Crippen molar-refractivity contribution in [3.05, 3.63) is 24.0 Å². The molecule has 3 heteroatoms. The minimum Gasteiger partial charge on any atom is -0.505 e. The summed E-state index contributed by atoms with van der Waals surface area (Å²) in [5, 5.41) is 9.87. The fraction of sp³-hybridized carbons (Fsp3) is 0.538. The van der Waals surface area contributed by atoms with Crippen molar-refractivity contribution in [2.24, 2.45) is 0 Å². The highest BCUT2D eigenvalue weighted by Crippen LogP contribution is 2.30. The van der Waals surface area contributed by atoms with Gasteiger partial charge in [-0.15, -0.1) is 0 Å². The molecule has 1 aliphatic carbocycles. The topological polar surface area (TPSA) is 20.2 Å². The molecular weight excluding hydrogens is 223 g/mol. The van der Waals surface area contributed by atoms with Gasteiger partial charge in [0.05, 0.1) is 0 Å². The highest BCUT2D eigenvalue weighted by molar-refractivity contribution is 7.96. The van der Waals surface area contributed by atoms with E-state index in [1.807, 2.05) is 6.07 Å². The molecule has 1 aromatic rings. The summed E-state index contributed by atoms with van der Waals surface area (Å²) in [5.41, 5.74) is 0. The third-order valence-corrected chi connectivity index (χ3v) is 5.81. The Morgan fingerprint density at radius 3 is 2.56 bits per heavy atom. The molecule has 1 aliphatic rings. The van der Waals surface area contributed by atoms with Crippen molar-refractivity contribution in [2.75, 3.05) is 6.26 Å². The Balaban J connectivity index is 2.12.